The molecular weight excluding hydrogens is 398 g/mol. The number of anilines is 2. The van der Waals surface area contributed by atoms with Gasteiger partial charge in [0, 0.05) is 18.7 Å². The maximum Gasteiger partial charge on any atom is 0.255 e. The molecule has 164 valence electrons. The summed E-state index contributed by atoms with van der Waals surface area (Å²) in [6.07, 6.45) is 3.53. The van der Waals surface area contributed by atoms with Gasteiger partial charge in [-0.05, 0) is 60.6 Å². The Morgan fingerprint density at radius 1 is 0.844 bits per heavy atom. The first-order chi connectivity index (χ1) is 15.6. The summed E-state index contributed by atoms with van der Waals surface area (Å²) in [5.41, 5.74) is 9.82. The zero-order valence-corrected chi connectivity index (χ0v) is 18.2. The van der Waals surface area contributed by atoms with Crippen LogP contribution in [0.4, 0.5) is 11.4 Å². The van der Waals surface area contributed by atoms with Crippen molar-refractivity contribution in [1.29, 1.82) is 0 Å². The zero-order chi connectivity index (χ0) is 22.3. The number of piperidine rings is 1. The summed E-state index contributed by atoms with van der Waals surface area (Å²) >= 11 is 0. The van der Waals surface area contributed by atoms with Crippen molar-refractivity contribution in [2.75, 3.05) is 24.1 Å². The maximum atomic E-state index is 12.8. The predicted molar refractivity (Wildman–Crippen MR) is 128 cm³/mol. The Kier molecular flexibility index (Phi) is 6.85. The summed E-state index contributed by atoms with van der Waals surface area (Å²) < 4.78 is 0. The molecule has 1 heterocycles. The van der Waals surface area contributed by atoms with Gasteiger partial charge >= 0.3 is 0 Å². The zero-order valence-electron chi connectivity index (χ0n) is 18.2. The Morgan fingerprint density at radius 3 is 2.19 bits per heavy atom. The molecule has 3 N–H and O–H groups in total. The van der Waals surface area contributed by atoms with E-state index in [9.17, 15) is 9.59 Å². The van der Waals surface area contributed by atoms with Crippen LogP contribution in [0.1, 0.15) is 34.3 Å². The normalized spacial score (nSPS) is 14.2. The third-order valence-corrected chi connectivity index (χ3v) is 6.11. The molecule has 3 aromatic carbocycles. The lowest BCUT2D eigenvalue weighted by molar-refractivity contribution is -0.131. The number of nitrogen functional groups attached to an aromatic ring is 1. The number of carbonyl (C=O) groups excluding carboxylic acids is 2. The van der Waals surface area contributed by atoms with Gasteiger partial charge in [0.25, 0.3) is 5.91 Å². The highest BCUT2D eigenvalue weighted by molar-refractivity contribution is 6.05. The Labute approximate surface area is 189 Å². The largest absolute Gasteiger partial charge is 0.397 e. The van der Waals surface area contributed by atoms with Gasteiger partial charge < -0.3 is 16.0 Å². The number of nitrogens with one attached hydrogen (secondary N) is 1. The molecule has 0 atom stereocenters. The summed E-state index contributed by atoms with van der Waals surface area (Å²) in [5, 5.41) is 2.82. The lowest BCUT2D eigenvalue weighted by Gasteiger charge is -2.32. The number of carbonyl (C=O) groups is 2. The number of nitrogens with two attached hydrogens (primary N) is 1. The molecule has 1 fully saturated rings. The fourth-order valence-corrected chi connectivity index (χ4v) is 4.20. The molecule has 1 aliphatic heterocycles. The summed E-state index contributed by atoms with van der Waals surface area (Å²) in [4.78, 5) is 27.2. The van der Waals surface area contributed by atoms with E-state index in [4.69, 9.17) is 5.73 Å². The highest BCUT2D eigenvalue weighted by Crippen LogP contribution is 2.22. The molecule has 1 aliphatic rings. The Morgan fingerprint density at radius 2 is 1.50 bits per heavy atom. The van der Waals surface area contributed by atoms with E-state index in [1.165, 1.54) is 5.56 Å². The molecule has 0 unspecified atom stereocenters. The van der Waals surface area contributed by atoms with Crippen LogP contribution >= 0.6 is 0 Å². The lowest BCUT2D eigenvalue weighted by atomic mass is 9.90. The number of hydrogen-bond donors (Lipinski definition) is 2. The average Bonchev–Trinajstić information content (AvgIpc) is 2.82. The SMILES string of the molecule is Nc1ccccc1NC(=O)c1ccc(CC(=O)N2CCC(Cc3ccccc3)CC2)cc1. The molecule has 0 spiro atoms. The van der Waals surface area contributed by atoms with Gasteiger partial charge in [-0.15, -0.1) is 0 Å². The summed E-state index contributed by atoms with van der Waals surface area (Å²) in [6, 6.07) is 24.9. The second-order valence-corrected chi connectivity index (χ2v) is 8.43. The quantitative estimate of drug-likeness (QED) is 0.567. The fourth-order valence-electron chi connectivity index (χ4n) is 4.20. The van der Waals surface area contributed by atoms with E-state index < -0.39 is 0 Å². The number of benzene rings is 3. The highest BCUT2D eigenvalue weighted by Gasteiger charge is 2.23. The van der Waals surface area contributed by atoms with E-state index in [1.54, 1.807) is 24.3 Å². The van der Waals surface area contributed by atoms with Gasteiger partial charge in [0.15, 0.2) is 0 Å². The lowest BCUT2D eigenvalue weighted by Crippen LogP contribution is -2.39. The minimum absolute atomic E-state index is 0.150. The Bertz CT molecular complexity index is 1060. The van der Waals surface area contributed by atoms with Crippen LogP contribution in [0.3, 0.4) is 0 Å². The molecular formula is C27H29N3O2. The molecule has 4 rings (SSSR count). The van der Waals surface area contributed by atoms with Gasteiger partial charge in [-0.1, -0.05) is 54.6 Å². The molecule has 0 bridgehead atoms. The molecule has 0 aromatic heterocycles. The number of para-hydroxylation sites is 2. The van der Waals surface area contributed by atoms with E-state index in [0.29, 0.717) is 29.3 Å². The van der Waals surface area contributed by atoms with Crippen molar-refractivity contribution in [2.24, 2.45) is 5.92 Å². The van der Waals surface area contributed by atoms with Crippen molar-refractivity contribution >= 4 is 23.2 Å². The second kappa shape index (κ2) is 10.1. The number of likely N-dealkylation sites (tertiary alicyclic amines) is 1. The van der Waals surface area contributed by atoms with Crippen molar-refractivity contribution in [1.82, 2.24) is 4.90 Å². The van der Waals surface area contributed by atoms with Crippen molar-refractivity contribution in [3.8, 4) is 0 Å². The van der Waals surface area contributed by atoms with Gasteiger partial charge in [-0.25, -0.2) is 0 Å². The fraction of sp³-hybridized carbons (Fsp3) is 0.259. The second-order valence-electron chi connectivity index (χ2n) is 8.43. The van der Waals surface area contributed by atoms with Gasteiger partial charge in [0.2, 0.25) is 5.91 Å². The maximum absolute atomic E-state index is 12.8. The summed E-state index contributed by atoms with van der Waals surface area (Å²) in [7, 11) is 0. The van der Waals surface area contributed by atoms with Crippen LogP contribution in [0.15, 0.2) is 78.9 Å². The van der Waals surface area contributed by atoms with Crippen LogP contribution in [0, 0.1) is 5.92 Å². The van der Waals surface area contributed by atoms with Gasteiger partial charge in [0.05, 0.1) is 17.8 Å². The first-order valence-electron chi connectivity index (χ1n) is 11.1. The predicted octanol–water partition coefficient (Wildman–Crippen LogP) is 4.54. The molecule has 5 nitrogen and oxygen atoms in total. The van der Waals surface area contributed by atoms with Crippen LogP contribution in [-0.2, 0) is 17.6 Å². The van der Waals surface area contributed by atoms with Gasteiger partial charge in [-0.3, -0.25) is 9.59 Å². The Hall–Kier alpha value is -3.60. The van der Waals surface area contributed by atoms with Crippen LogP contribution in [0.25, 0.3) is 0 Å². The van der Waals surface area contributed by atoms with E-state index >= 15 is 0 Å². The van der Waals surface area contributed by atoms with Crippen molar-refractivity contribution in [3.63, 3.8) is 0 Å². The molecule has 2 amide bonds. The minimum Gasteiger partial charge on any atom is -0.397 e. The minimum atomic E-state index is -0.221. The van der Waals surface area contributed by atoms with Crippen LogP contribution in [-0.4, -0.2) is 29.8 Å². The number of amides is 2. The number of rotatable bonds is 6. The van der Waals surface area contributed by atoms with Gasteiger partial charge in [-0.2, -0.15) is 0 Å². The molecule has 3 aromatic rings. The van der Waals surface area contributed by atoms with Gasteiger partial charge in [0.1, 0.15) is 0 Å². The third-order valence-electron chi connectivity index (χ3n) is 6.11. The third kappa shape index (κ3) is 5.55. The smallest absolute Gasteiger partial charge is 0.255 e. The van der Waals surface area contributed by atoms with Crippen LogP contribution in [0.5, 0.6) is 0 Å². The molecule has 0 aliphatic carbocycles. The monoisotopic (exact) mass is 427 g/mol. The standard InChI is InChI=1S/C27H29N3O2/c28-24-8-4-5-9-25(24)29-27(32)23-12-10-21(11-13-23)19-26(31)30-16-14-22(15-17-30)18-20-6-2-1-3-7-20/h1-13,22H,14-19,28H2,(H,29,32). The number of hydrogen-bond acceptors (Lipinski definition) is 3. The average molecular weight is 428 g/mol. The first kappa shape index (κ1) is 21.6. The van der Waals surface area contributed by atoms with Crippen molar-refractivity contribution < 1.29 is 9.59 Å². The molecule has 5 heteroatoms. The summed E-state index contributed by atoms with van der Waals surface area (Å²) in [6.45, 7) is 1.63. The van der Waals surface area contributed by atoms with Crippen molar-refractivity contribution in [2.45, 2.75) is 25.7 Å². The molecule has 0 saturated carbocycles. The van der Waals surface area contributed by atoms with Crippen LogP contribution < -0.4 is 11.1 Å². The molecule has 1 saturated heterocycles. The first-order valence-corrected chi connectivity index (χ1v) is 11.1. The van der Waals surface area contributed by atoms with E-state index in [1.807, 2.05) is 35.2 Å². The van der Waals surface area contributed by atoms with E-state index in [2.05, 4.69) is 29.6 Å². The molecule has 32 heavy (non-hydrogen) atoms. The van der Waals surface area contributed by atoms with Crippen LogP contribution in [0.2, 0.25) is 0 Å². The number of nitrogens with zero attached hydrogens (tertiary/aromatic N) is 1. The van der Waals surface area contributed by atoms with E-state index in [-0.39, 0.29) is 11.8 Å². The summed E-state index contributed by atoms with van der Waals surface area (Å²) in [5.74, 6) is 0.566. The molecule has 0 radical (unpaired) electrons. The van der Waals surface area contributed by atoms with Crippen molar-refractivity contribution in [3.05, 3.63) is 95.6 Å². The van der Waals surface area contributed by atoms with E-state index in [0.717, 1.165) is 37.9 Å². The topological polar surface area (TPSA) is 75.4 Å². The Balaban J connectivity index is 1.27. The highest BCUT2D eigenvalue weighted by atomic mass is 16.2.